The molecular weight excluding hydrogens is 446 g/mol. The Bertz CT molecular complexity index is 817. The van der Waals surface area contributed by atoms with Crippen LogP contribution in [0.25, 0.3) is 11.0 Å². The van der Waals surface area contributed by atoms with Gasteiger partial charge in [0.25, 0.3) is 0 Å². The molecule has 1 aromatic heterocycles. The van der Waals surface area contributed by atoms with Crippen LogP contribution in [0.2, 0.25) is 0 Å². The van der Waals surface area contributed by atoms with Gasteiger partial charge in [0.2, 0.25) is 5.91 Å². The number of carbonyl (C=O) groups is 1. The Hall–Kier alpha value is -1.88. The highest BCUT2D eigenvalue weighted by molar-refractivity contribution is 5.77. The van der Waals surface area contributed by atoms with Gasteiger partial charge in [0.05, 0.1) is 11.0 Å². The minimum Gasteiger partial charge on any atom is -0.375 e. The van der Waals surface area contributed by atoms with Crippen molar-refractivity contribution in [3.8, 4) is 0 Å². The zero-order valence-electron chi connectivity index (χ0n) is 23.4. The van der Waals surface area contributed by atoms with Crippen molar-refractivity contribution in [2.45, 2.75) is 129 Å². The first-order valence-corrected chi connectivity index (χ1v) is 15.0. The number of carbonyl (C=O) groups excluding carboxylic acids is 1. The quantitative estimate of drug-likeness (QED) is 0.158. The fraction of sp³-hybridized carbons (Fsp3) is 0.742. The second kappa shape index (κ2) is 20.2. The Kier molecular flexibility index (Phi) is 17.0. The van der Waals surface area contributed by atoms with E-state index >= 15 is 0 Å². The molecule has 2 aromatic rings. The lowest BCUT2D eigenvalue weighted by Crippen LogP contribution is -2.27. The minimum absolute atomic E-state index is 0.0348. The monoisotopic (exact) mass is 499 g/mol. The summed E-state index contributed by atoms with van der Waals surface area (Å²) in [5, 5.41) is 2.90. The molecule has 0 atom stereocenters. The number of hydrogen-bond donors (Lipinski definition) is 1. The normalized spacial score (nSPS) is 11.4. The molecule has 2 rings (SSSR count). The first-order valence-electron chi connectivity index (χ1n) is 15.0. The molecule has 0 spiro atoms. The molecule has 0 aliphatic heterocycles. The number of ether oxygens (including phenoxy) is 1. The molecule has 1 aromatic carbocycles. The van der Waals surface area contributed by atoms with E-state index in [0.29, 0.717) is 0 Å². The van der Waals surface area contributed by atoms with Crippen molar-refractivity contribution in [3.63, 3.8) is 0 Å². The van der Waals surface area contributed by atoms with Crippen molar-refractivity contribution in [2.24, 2.45) is 0 Å². The Morgan fingerprint density at radius 2 is 1.39 bits per heavy atom. The smallest absolute Gasteiger partial charge is 0.245 e. The number of aryl methyl sites for hydroxylation is 2. The zero-order chi connectivity index (χ0) is 25.7. The number of nitrogens with one attached hydrogen (secondary N) is 1. The maximum Gasteiger partial charge on any atom is 0.245 e. The summed E-state index contributed by atoms with van der Waals surface area (Å²) < 4.78 is 7.30. The number of imidazole rings is 1. The van der Waals surface area contributed by atoms with Gasteiger partial charge in [-0.15, -0.1) is 0 Å². The maximum atomic E-state index is 11.5. The van der Waals surface area contributed by atoms with Gasteiger partial charge in [-0.1, -0.05) is 109 Å². The van der Waals surface area contributed by atoms with Crippen molar-refractivity contribution in [1.29, 1.82) is 0 Å². The summed E-state index contributed by atoms with van der Waals surface area (Å²) in [5.41, 5.74) is 2.39. The number of unbranched alkanes of at least 4 members (excludes halogenated alkanes) is 15. The average Bonchev–Trinajstić information content (AvgIpc) is 3.23. The molecule has 0 aliphatic carbocycles. The van der Waals surface area contributed by atoms with E-state index in [2.05, 4.69) is 41.1 Å². The van der Waals surface area contributed by atoms with Gasteiger partial charge in [0, 0.05) is 26.6 Å². The van der Waals surface area contributed by atoms with Gasteiger partial charge in [0.1, 0.15) is 12.4 Å². The van der Waals surface area contributed by atoms with E-state index in [1.54, 1.807) is 7.11 Å². The Balaban J connectivity index is 1.58. The van der Waals surface area contributed by atoms with E-state index in [1.165, 1.54) is 101 Å². The molecular formula is C31H53N3O2. The average molecular weight is 500 g/mol. The molecule has 0 unspecified atom stereocenters. The topological polar surface area (TPSA) is 56.2 Å². The van der Waals surface area contributed by atoms with Crippen LogP contribution in [0.5, 0.6) is 0 Å². The number of aromatic nitrogens is 2. The van der Waals surface area contributed by atoms with Crippen LogP contribution in [0.15, 0.2) is 24.3 Å². The third kappa shape index (κ3) is 12.9. The SMILES string of the molecule is CCCCCCCCCCCCCCCCn1c(CCCCCNC(=O)COC)nc2ccccc21. The highest BCUT2D eigenvalue weighted by Gasteiger charge is 2.10. The minimum atomic E-state index is -0.0348. The summed E-state index contributed by atoms with van der Waals surface area (Å²) in [4.78, 5) is 16.4. The lowest BCUT2D eigenvalue weighted by atomic mass is 10.0. The van der Waals surface area contributed by atoms with Gasteiger partial charge in [-0.2, -0.15) is 0 Å². The predicted molar refractivity (Wildman–Crippen MR) is 152 cm³/mol. The van der Waals surface area contributed by atoms with E-state index in [1.807, 2.05) is 0 Å². The van der Waals surface area contributed by atoms with Gasteiger partial charge >= 0.3 is 0 Å². The van der Waals surface area contributed by atoms with E-state index < -0.39 is 0 Å². The van der Waals surface area contributed by atoms with Crippen LogP contribution < -0.4 is 5.32 Å². The van der Waals surface area contributed by atoms with Crippen LogP contribution in [-0.4, -0.2) is 35.7 Å². The summed E-state index contributed by atoms with van der Waals surface area (Å²) in [5.74, 6) is 1.18. The van der Waals surface area contributed by atoms with Crippen LogP contribution in [0.1, 0.15) is 122 Å². The van der Waals surface area contributed by atoms with Crippen LogP contribution >= 0.6 is 0 Å². The number of rotatable bonds is 23. The first-order chi connectivity index (χ1) is 17.8. The molecule has 1 N–H and O–H groups in total. The first kappa shape index (κ1) is 30.3. The molecule has 5 nitrogen and oxygen atoms in total. The Labute approximate surface area is 220 Å². The lowest BCUT2D eigenvalue weighted by molar-refractivity contribution is -0.124. The van der Waals surface area contributed by atoms with E-state index in [0.717, 1.165) is 44.3 Å². The number of hydrogen-bond acceptors (Lipinski definition) is 3. The number of nitrogens with zero attached hydrogens (tertiary/aromatic N) is 2. The Morgan fingerprint density at radius 3 is 2.03 bits per heavy atom. The van der Waals surface area contributed by atoms with Crippen molar-refractivity contribution < 1.29 is 9.53 Å². The van der Waals surface area contributed by atoms with Gasteiger partial charge in [0.15, 0.2) is 0 Å². The molecule has 1 amide bonds. The summed E-state index contributed by atoms with van der Waals surface area (Å²) in [6.45, 7) is 4.22. The molecule has 0 bridgehead atoms. The fourth-order valence-corrected chi connectivity index (χ4v) is 5.03. The molecule has 1 heterocycles. The zero-order valence-corrected chi connectivity index (χ0v) is 23.4. The summed E-state index contributed by atoms with van der Waals surface area (Å²) >= 11 is 0. The molecule has 0 fully saturated rings. The molecule has 36 heavy (non-hydrogen) atoms. The third-order valence-electron chi connectivity index (χ3n) is 7.14. The molecule has 0 aliphatic rings. The number of fused-ring (bicyclic) bond motifs is 1. The summed E-state index contributed by atoms with van der Waals surface area (Å²) in [6, 6.07) is 8.55. The second-order valence-electron chi connectivity index (χ2n) is 10.4. The number of para-hydroxylation sites is 2. The highest BCUT2D eigenvalue weighted by Crippen LogP contribution is 2.20. The van der Waals surface area contributed by atoms with E-state index in [4.69, 9.17) is 9.72 Å². The molecule has 0 radical (unpaired) electrons. The number of benzene rings is 1. The largest absolute Gasteiger partial charge is 0.375 e. The third-order valence-corrected chi connectivity index (χ3v) is 7.14. The van der Waals surface area contributed by atoms with Gasteiger partial charge in [-0.05, 0) is 31.4 Å². The predicted octanol–water partition coefficient (Wildman–Crippen LogP) is 7.99. The van der Waals surface area contributed by atoms with Crippen LogP contribution in [0.3, 0.4) is 0 Å². The van der Waals surface area contributed by atoms with Crippen molar-refractivity contribution >= 4 is 16.9 Å². The van der Waals surface area contributed by atoms with Crippen LogP contribution in [0, 0.1) is 0 Å². The molecule has 0 saturated carbocycles. The van der Waals surface area contributed by atoms with Crippen LogP contribution in [0.4, 0.5) is 0 Å². The maximum absolute atomic E-state index is 11.5. The molecule has 0 saturated heterocycles. The second-order valence-corrected chi connectivity index (χ2v) is 10.4. The van der Waals surface area contributed by atoms with Gasteiger partial charge in [-0.25, -0.2) is 4.98 Å². The van der Waals surface area contributed by atoms with Crippen molar-refractivity contribution in [3.05, 3.63) is 30.1 Å². The molecule has 204 valence electrons. The fourth-order valence-electron chi connectivity index (χ4n) is 5.03. The summed E-state index contributed by atoms with van der Waals surface area (Å²) in [6.07, 6.45) is 23.7. The van der Waals surface area contributed by atoms with E-state index in [-0.39, 0.29) is 12.5 Å². The van der Waals surface area contributed by atoms with E-state index in [9.17, 15) is 4.79 Å². The van der Waals surface area contributed by atoms with Crippen molar-refractivity contribution in [2.75, 3.05) is 20.3 Å². The summed E-state index contributed by atoms with van der Waals surface area (Å²) in [7, 11) is 1.55. The highest BCUT2D eigenvalue weighted by atomic mass is 16.5. The number of methoxy groups -OCH3 is 1. The van der Waals surface area contributed by atoms with Crippen LogP contribution in [-0.2, 0) is 22.5 Å². The Morgan fingerprint density at radius 1 is 0.806 bits per heavy atom. The van der Waals surface area contributed by atoms with Crippen molar-refractivity contribution in [1.82, 2.24) is 14.9 Å². The standard InChI is InChI=1S/C31H53N3O2/c1-3-4-5-6-7-8-9-10-11-12-13-14-15-21-26-34-29-23-19-18-22-28(29)33-30(34)24-17-16-20-25-32-31(35)27-36-2/h18-19,22-23H,3-17,20-21,24-27H2,1-2H3,(H,32,35). The number of amides is 1. The lowest BCUT2D eigenvalue weighted by Gasteiger charge is -2.10. The van der Waals surface area contributed by atoms with Gasteiger partial charge < -0.3 is 14.6 Å². The van der Waals surface area contributed by atoms with Gasteiger partial charge in [-0.3, -0.25) is 4.79 Å². The molecule has 5 heteroatoms.